The molecule has 0 radical (unpaired) electrons. The lowest BCUT2D eigenvalue weighted by Gasteiger charge is -2.25. The number of benzene rings is 4. The second-order valence-electron chi connectivity index (χ2n) is 17.1. The molecule has 4 amide bonds. The fourth-order valence-corrected chi connectivity index (χ4v) is 7.27. The van der Waals surface area contributed by atoms with Gasteiger partial charge in [-0.25, -0.2) is 9.59 Å². The van der Waals surface area contributed by atoms with Crippen LogP contribution >= 0.6 is 0 Å². The Bertz CT molecular complexity index is 1940. The van der Waals surface area contributed by atoms with Gasteiger partial charge in [-0.15, -0.1) is 0 Å². The molecule has 0 spiro atoms. The Morgan fingerprint density at radius 1 is 0.550 bits per heavy atom. The highest BCUT2D eigenvalue weighted by molar-refractivity contribution is 5.98. The Morgan fingerprint density at radius 3 is 1.23 bits per heavy atom. The van der Waals surface area contributed by atoms with Crippen molar-refractivity contribution in [3.8, 4) is 0 Å². The number of likely N-dealkylation sites (tertiary alicyclic amines) is 2. The minimum atomic E-state index is -0.758. The van der Waals surface area contributed by atoms with Gasteiger partial charge in [-0.3, -0.25) is 19.4 Å². The summed E-state index contributed by atoms with van der Waals surface area (Å²) in [5.41, 5.74) is 3.83. The monoisotopic (exact) mass is 816 g/mol. The van der Waals surface area contributed by atoms with E-state index >= 15 is 0 Å². The molecule has 12 heteroatoms. The van der Waals surface area contributed by atoms with Gasteiger partial charge in [0.2, 0.25) is 11.8 Å². The summed E-state index contributed by atoms with van der Waals surface area (Å²) in [5.74, 6) is -0.632. The quantitative estimate of drug-likeness (QED) is 0.135. The first-order valence-electron chi connectivity index (χ1n) is 20.4. The van der Waals surface area contributed by atoms with Crippen LogP contribution in [-0.2, 0) is 41.8 Å². The largest absolute Gasteiger partial charge is 0.445 e. The predicted octanol–water partition coefficient (Wildman–Crippen LogP) is 8.92. The molecule has 2 N–H and O–H groups in total. The number of rotatable bonds is 12. The van der Waals surface area contributed by atoms with Crippen LogP contribution in [0.1, 0.15) is 76.6 Å². The zero-order valence-electron chi connectivity index (χ0n) is 35.3. The molecule has 4 atom stereocenters. The number of nitrogens with one attached hydrogen (secondary N) is 2. The molecule has 4 aromatic rings. The van der Waals surface area contributed by atoms with E-state index in [0.29, 0.717) is 24.2 Å². The molecule has 0 aliphatic carbocycles. The first-order chi connectivity index (χ1) is 28.6. The van der Waals surface area contributed by atoms with Gasteiger partial charge in [0.05, 0.1) is 36.5 Å². The summed E-state index contributed by atoms with van der Waals surface area (Å²) in [6, 6.07) is 32.1. The highest BCUT2D eigenvalue weighted by Crippen LogP contribution is 2.29. The molecule has 2 heterocycles. The third-order valence-electron chi connectivity index (χ3n) is 9.88. The maximum Gasteiger partial charge on any atom is 0.410 e. The van der Waals surface area contributed by atoms with Crippen molar-refractivity contribution < 1.29 is 38.1 Å². The van der Waals surface area contributed by atoms with Crippen LogP contribution in [0.4, 0.5) is 21.0 Å². The fourth-order valence-electron chi connectivity index (χ4n) is 7.27. The van der Waals surface area contributed by atoms with E-state index in [1.807, 2.05) is 163 Å². The van der Waals surface area contributed by atoms with Crippen LogP contribution in [-0.4, -0.2) is 82.4 Å². The molecule has 60 heavy (non-hydrogen) atoms. The molecule has 0 aromatic heterocycles. The van der Waals surface area contributed by atoms with E-state index in [1.54, 1.807) is 0 Å². The van der Waals surface area contributed by atoms with Crippen molar-refractivity contribution in [2.24, 2.45) is 0 Å². The van der Waals surface area contributed by atoms with E-state index in [1.165, 1.54) is 9.80 Å². The number of hydrogen-bond donors (Lipinski definition) is 2. The van der Waals surface area contributed by atoms with Crippen LogP contribution in [0.2, 0.25) is 0 Å². The molecule has 2 fully saturated rings. The number of anilines is 2. The van der Waals surface area contributed by atoms with Gasteiger partial charge in [0, 0.05) is 24.2 Å². The Hall–Kier alpha value is -5.98. The van der Waals surface area contributed by atoms with Crippen molar-refractivity contribution in [3.05, 3.63) is 131 Å². The highest BCUT2D eigenvalue weighted by Gasteiger charge is 2.43. The molecule has 0 saturated carbocycles. The van der Waals surface area contributed by atoms with Crippen molar-refractivity contribution in [1.82, 2.24) is 9.80 Å². The van der Waals surface area contributed by atoms with Crippen molar-refractivity contribution in [3.63, 3.8) is 0 Å². The van der Waals surface area contributed by atoms with Gasteiger partial charge >= 0.3 is 12.2 Å². The zero-order chi connectivity index (χ0) is 42.9. The third-order valence-corrected chi connectivity index (χ3v) is 9.88. The average molecular weight is 817 g/mol. The van der Waals surface area contributed by atoms with Crippen LogP contribution in [0, 0.1) is 0 Å². The molecule has 2 aliphatic heterocycles. The fraction of sp³-hybridized carbons (Fsp3) is 0.375. The SMILES string of the molecule is CC(C)(C)O[C@@H]1C[C@@H](C(=O)Nc2ccc(/C=C/c3ccc(NC(=O)[C@@H]4C[C@@H](OC(C)(C)C)CN4C(=O)OCc4ccccc4)cc3)cc2)N(C(=O)OCc2ccccc2)C1. The van der Waals surface area contributed by atoms with Crippen molar-refractivity contribution in [2.45, 2.75) is 103 Å². The van der Waals surface area contributed by atoms with Crippen molar-refractivity contribution in [2.75, 3.05) is 23.7 Å². The van der Waals surface area contributed by atoms with Gasteiger partial charge in [-0.2, -0.15) is 0 Å². The molecule has 0 bridgehead atoms. The lowest BCUT2D eigenvalue weighted by molar-refractivity contribution is -0.120. The van der Waals surface area contributed by atoms with Crippen LogP contribution < -0.4 is 10.6 Å². The standard InChI is InChI=1S/C48H56N4O8/c1-47(2,3)59-39-27-41(51(29-39)45(55)57-31-35-13-9-7-10-14-35)43(53)49-37-23-19-33(20-24-37)17-18-34-21-25-38(26-22-34)50-44(54)42-28-40(60-48(4,5)6)30-52(42)46(56)58-32-36-15-11-8-12-16-36/h7-26,39-42H,27-32H2,1-6H3,(H,49,53)(H,50,54)/b18-17+/t39-,40-,41+,42+/m1/s1. The molecule has 0 unspecified atom stereocenters. The van der Waals surface area contributed by atoms with E-state index in [2.05, 4.69) is 10.6 Å². The zero-order valence-corrected chi connectivity index (χ0v) is 35.3. The maximum absolute atomic E-state index is 13.6. The topological polar surface area (TPSA) is 136 Å². The summed E-state index contributed by atoms with van der Waals surface area (Å²) in [4.78, 5) is 56.5. The summed E-state index contributed by atoms with van der Waals surface area (Å²) in [7, 11) is 0. The number of carbonyl (C=O) groups is 4. The summed E-state index contributed by atoms with van der Waals surface area (Å²) >= 11 is 0. The van der Waals surface area contributed by atoms with E-state index in [9.17, 15) is 19.2 Å². The summed E-state index contributed by atoms with van der Waals surface area (Å²) in [5, 5.41) is 5.93. The van der Waals surface area contributed by atoms with Gasteiger partial charge in [-0.05, 0) is 88.1 Å². The van der Waals surface area contributed by atoms with E-state index in [0.717, 1.165) is 22.3 Å². The first-order valence-corrected chi connectivity index (χ1v) is 20.4. The van der Waals surface area contributed by atoms with Crippen LogP contribution in [0.25, 0.3) is 12.2 Å². The number of nitrogens with zero attached hydrogens (tertiary/aromatic N) is 2. The van der Waals surface area contributed by atoms with Gasteiger partial charge in [0.1, 0.15) is 25.3 Å². The minimum absolute atomic E-state index is 0.106. The minimum Gasteiger partial charge on any atom is -0.445 e. The lowest BCUT2D eigenvalue weighted by atomic mass is 10.1. The van der Waals surface area contributed by atoms with Crippen molar-refractivity contribution in [1.29, 1.82) is 0 Å². The van der Waals surface area contributed by atoms with Crippen LogP contribution in [0.15, 0.2) is 109 Å². The first kappa shape index (κ1) is 43.6. The van der Waals surface area contributed by atoms with Gasteiger partial charge < -0.3 is 29.6 Å². The highest BCUT2D eigenvalue weighted by atomic mass is 16.6. The smallest absolute Gasteiger partial charge is 0.410 e. The molecule has 2 saturated heterocycles. The molecule has 4 aromatic carbocycles. The molecular weight excluding hydrogens is 761 g/mol. The number of carbonyl (C=O) groups excluding carboxylic acids is 4. The third kappa shape index (κ3) is 12.8. The number of hydrogen-bond acceptors (Lipinski definition) is 8. The number of amides is 4. The van der Waals surface area contributed by atoms with Crippen LogP contribution in [0.3, 0.4) is 0 Å². The molecular formula is C48H56N4O8. The van der Waals surface area contributed by atoms with E-state index in [4.69, 9.17) is 18.9 Å². The van der Waals surface area contributed by atoms with E-state index < -0.39 is 35.5 Å². The molecule has 2 aliphatic rings. The van der Waals surface area contributed by atoms with Gasteiger partial charge in [-0.1, -0.05) is 97.1 Å². The normalized spacial score (nSPS) is 19.3. The lowest BCUT2D eigenvalue weighted by Crippen LogP contribution is -2.43. The van der Waals surface area contributed by atoms with Gasteiger partial charge in [0.15, 0.2) is 0 Å². The molecule has 6 rings (SSSR count). The Kier molecular flexibility index (Phi) is 14.1. The predicted molar refractivity (Wildman–Crippen MR) is 232 cm³/mol. The molecule has 12 nitrogen and oxygen atoms in total. The number of ether oxygens (including phenoxy) is 4. The average Bonchev–Trinajstić information content (AvgIpc) is 3.83. The van der Waals surface area contributed by atoms with Crippen molar-refractivity contribution >= 4 is 47.5 Å². The van der Waals surface area contributed by atoms with E-state index in [-0.39, 0.29) is 50.3 Å². The maximum atomic E-state index is 13.6. The Labute approximate surface area is 352 Å². The van der Waals surface area contributed by atoms with Gasteiger partial charge in [0.25, 0.3) is 0 Å². The Balaban J connectivity index is 1.03. The summed E-state index contributed by atoms with van der Waals surface area (Å²) in [6.45, 7) is 12.4. The second-order valence-corrected chi connectivity index (χ2v) is 17.1. The van der Waals surface area contributed by atoms with Crippen LogP contribution in [0.5, 0.6) is 0 Å². The molecule has 316 valence electrons. The Morgan fingerprint density at radius 2 is 0.900 bits per heavy atom. The second kappa shape index (κ2) is 19.4. The summed E-state index contributed by atoms with van der Waals surface area (Å²) < 4.78 is 23.5. The summed E-state index contributed by atoms with van der Waals surface area (Å²) in [6.07, 6.45) is 2.83.